The molecule has 3 aromatic rings. The van der Waals surface area contributed by atoms with Crippen LogP contribution in [-0.2, 0) is 16.4 Å². The van der Waals surface area contributed by atoms with Gasteiger partial charge in [0, 0.05) is 36.7 Å². The first-order valence-corrected chi connectivity index (χ1v) is 9.92. The van der Waals surface area contributed by atoms with Crippen molar-refractivity contribution in [3.8, 4) is 22.4 Å². The Labute approximate surface area is 147 Å². The van der Waals surface area contributed by atoms with Gasteiger partial charge in [-0.3, -0.25) is 4.68 Å². The lowest BCUT2D eigenvalue weighted by Crippen LogP contribution is -2.00. The second-order valence-corrected chi connectivity index (χ2v) is 7.91. The molecule has 25 heavy (non-hydrogen) atoms. The van der Waals surface area contributed by atoms with E-state index in [4.69, 9.17) is 5.11 Å². The molecule has 6 heteroatoms. The molecule has 0 saturated carbocycles. The van der Waals surface area contributed by atoms with Gasteiger partial charge in [0.2, 0.25) is 0 Å². The fourth-order valence-corrected chi connectivity index (χ4v) is 3.30. The first-order valence-electron chi connectivity index (χ1n) is 8.03. The maximum atomic E-state index is 11.6. The number of nitrogens with zero attached hydrogens (tertiary/aromatic N) is 2. The normalized spacial score (nSPS) is 11.6. The van der Waals surface area contributed by atoms with Crippen LogP contribution < -0.4 is 0 Å². The van der Waals surface area contributed by atoms with Gasteiger partial charge in [-0.15, -0.1) is 0 Å². The summed E-state index contributed by atoms with van der Waals surface area (Å²) in [6.45, 7) is 0.733. The highest BCUT2D eigenvalue weighted by molar-refractivity contribution is 7.90. The Morgan fingerprint density at radius 2 is 1.68 bits per heavy atom. The first kappa shape index (κ1) is 17.4. The van der Waals surface area contributed by atoms with Crippen molar-refractivity contribution in [2.45, 2.75) is 17.9 Å². The van der Waals surface area contributed by atoms with Crippen molar-refractivity contribution in [1.82, 2.24) is 9.78 Å². The molecule has 0 bridgehead atoms. The molecule has 0 aliphatic rings. The molecule has 0 spiro atoms. The quantitative estimate of drug-likeness (QED) is 0.737. The number of aliphatic hydroxyl groups is 1. The molecule has 0 fully saturated rings. The second-order valence-electron chi connectivity index (χ2n) is 5.89. The Kier molecular flexibility index (Phi) is 5.01. The smallest absolute Gasteiger partial charge is 0.175 e. The van der Waals surface area contributed by atoms with Gasteiger partial charge < -0.3 is 5.11 Å². The third kappa shape index (κ3) is 3.97. The molecule has 1 heterocycles. The number of benzene rings is 2. The Balaban J connectivity index is 2.06. The highest BCUT2D eigenvalue weighted by atomic mass is 32.2. The molecule has 0 aliphatic carbocycles. The van der Waals surface area contributed by atoms with E-state index in [0.717, 1.165) is 22.4 Å². The number of aromatic nitrogens is 2. The van der Waals surface area contributed by atoms with Gasteiger partial charge >= 0.3 is 0 Å². The number of rotatable bonds is 6. The minimum absolute atomic E-state index is 0.110. The summed E-state index contributed by atoms with van der Waals surface area (Å²) >= 11 is 0. The third-order valence-corrected chi connectivity index (χ3v) is 5.08. The van der Waals surface area contributed by atoms with Gasteiger partial charge in [-0.25, -0.2) is 8.42 Å². The lowest BCUT2D eigenvalue weighted by molar-refractivity contribution is 0.277. The SMILES string of the molecule is CS(=O)(=O)c1ccc(-c2nn(CCCO)cc2-c2ccccc2)cc1. The van der Waals surface area contributed by atoms with Crippen LogP contribution in [0.3, 0.4) is 0 Å². The van der Waals surface area contributed by atoms with Gasteiger partial charge in [-0.1, -0.05) is 42.5 Å². The molecule has 0 aliphatic heterocycles. The van der Waals surface area contributed by atoms with Gasteiger partial charge in [0.25, 0.3) is 0 Å². The van der Waals surface area contributed by atoms with Crippen molar-refractivity contribution < 1.29 is 13.5 Å². The molecular formula is C19H20N2O3S. The number of hydrogen-bond acceptors (Lipinski definition) is 4. The van der Waals surface area contributed by atoms with E-state index in [-0.39, 0.29) is 11.5 Å². The molecule has 2 aromatic carbocycles. The van der Waals surface area contributed by atoms with Crippen molar-refractivity contribution in [2.75, 3.05) is 12.9 Å². The van der Waals surface area contributed by atoms with Gasteiger partial charge in [0.05, 0.1) is 4.90 Å². The molecule has 0 atom stereocenters. The molecule has 130 valence electrons. The van der Waals surface area contributed by atoms with E-state index in [0.29, 0.717) is 13.0 Å². The maximum Gasteiger partial charge on any atom is 0.175 e. The van der Waals surface area contributed by atoms with E-state index < -0.39 is 9.84 Å². The Bertz CT molecular complexity index is 946. The molecule has 0 amide bonds. The van der Waals surface area contributed by atoms with Crippen molar-refractivity contribution in [2.24, 2.45) is 0 Å². The number of aryl methyl sites for hydroxylation is 1. The monoisotopic (exact) mass is 356 g/mol. The number of hydrogen-bond donors (Lipinski definition) is 1. The van der Waals surface area contributed by atoms with Gasteiger partial charge in [-0.05, 0) is 24.1 Å². The first-order chi connectivity index (χ1) is 12.0. The Morgan fingerprint density at radius 3 is 2.28 bits per heavy atom. The van der Waals surface area contributed by atoms with Crippen LogP contribution in [0.25, 0.3) is 22.4 Å². The van der Waals surface area contributed by atoms with Gasteiger partial charge in [-0.2, -0.15) is 5.10 Å². The lowest BCUT2D eigenvalue weighted by Gasteiger charge is -2.04. The van der Waals surface area contributed by atoms with E-state index in [2.05, 4.69) is 5.10 Å². The zero-order valence-corrected chi connectivity index (χ0v) is 14.8. The average Bonchev–Trinajstić information content (AvgIpc) is 3.04. The molecule has 1 N–H and O–H groups in total. The van der Waals surface area contributed by atoms with Gasteiger partial charge in [0.1, 0.15) is 5.69 Å². The van der Waals surface area contributed by atoms with Crippen LogP contribution in [0.5, 0.6) is 0 Å². The Hall–Kier alpha value is -2.44. The summed E-state index contributed by atoms with van der Waals surface area (Å²) in [7, 11) is -3.22. The summed E-state index contributed by atoms with van der Waals surface area (Å²) in [5.41, 5.74) is 3.67. The van der Waals surface area contributed by atoms with E-state index in [1.807, 2.05) is 41.2 Å². The standard InChI is InChI=1S/C19H20N2O3S/c1-25(23,24)17-10-8-16(9-11-17)19-18(15-6-3-2-4-7-15)14-21(20-19)12-5-13-22/h2-4,6-11,14,22H,5,12-13H2,1H3. The number of aliphatic hydroxyl groups excluding tert-OH is 1. The molecular weight excluding hydrogens is 336 g/mol. The van der Waals surface area contributed by atoms with Crippen LogP contribution in [-0.4, -0.2) is 36.2 Å². The minimum Gasteiger partial charge on any atom is -0.396 e. The largest absolute Gasteiger partial charge is 0.396 e. The molecule has 0 radical (unpaired) electrons. The van der Waals surface area contributed by atoms with E-state index >= 15 is 0 Å². The summed E-state index contributed by atoms with van der Waals surface area (Å²) in [5, 5.41) is 13.7. The second kappa shape index (κ2) is 7.21. The highest BCUT2D eigenvalue weighted by Crippen LogP contribution is 2.31. The zero-order valence-electron chi connectivity index (χ0n) is 14.0. The highest BCUT2D eigenvalue weighted by Gasteiger charge is 2.14. The fraction of sp³-hybridized carbons (Fsp3) is 0.211. The van der Waals surface area contributed by atoms with Crippen LogP contribution in [0.1, 0.15) is 6.42 Å². The third-order valence-electron chi connectivity index (χ3n) is 3.95. The topological polar surface area (TPSA) is 72.2 Å². The molecule has 1 aromatic heterocycles. The predicted molar refractivity (Wildman–Crippen MR) is 97.9 cm³/mol. The summed E-state index contributed by atoms with van der Waals surface area (Å²) in [4.78, 5) is 0.289. The summed E-state index contributed by atoms with van der Waals surface area (Å²) in [5.74, 6) is 0. The Morgan fingerprint density at radius 1 is 1.00 bits per heavy atom. The van der Waals surface area contributed by atoms with Gasteiger partial charge in [0.15, 0.2) is 9.84 Å². The zero-order chi connectivity index (χ0) is 17.9. The van der Waals surface area contributed by atoms with Crippen LogP contribution >= 0.6 is 0 Å². The average molecular weight is 356 g/mol. The maximum absolute atomic E-state index is 11.6. The van der Waals surface area contributed by atoms with Crippen LogP contribution in [0, 0.1) is 0 Å². The minimum atomic E-state index is -3.22. The van der Waals surface area contributed by atoms with Crippen LogP contribution in [0.15, 0.2) is 65.7 Å². The summed E-state index contributed by atoms with van der Waals surface area (Å²) in [6, 6.07) is 16.7. The molecule has 0 saturated heterocycles. The molecule has 5 nitrogen and oxygen atoms in total. The van der Waals surface area contributed by atoms with E-state index in [1.54, 1.807) is 24.3 Å². The molecule has 0 unspecified atom stereocenters. The fourth-order valence-electron chi connectivity index (χ4n) is 2.67. The van der Waals surface area contributed by atoms with Crippen molar-refractivity contribution >= 4 is 9.84 Å². The van der Waals surface area contributed by atoms with Crippen LogP contribution in [0.4, 0.5) is 0 Å². The van der Waals surface area contributed by atoms with Crippen molar-refractivity contribution in [3.05, 3.63) is 60.8 Å². The molecule has 3 rings (SSSR count). The summed E-state index contributed by atoms with van der Waals surface area (Å²) in [6.07, 6.45) is 3.79. The van der Waals surface area contributed by atoms with E-state index in [1.165, 1.54) is 6.26 Å². The van der Waals surface area contributed by atoms with Crippen molar-refractivity contribution in [3.63, 3.8) is 0 Å². The summed E-state index contributed by atoms with van der Waals surface area (Å²) < 4.78 is 25.1. The lowest BCUT2D eigenvalue weighted by atomic mass is 10.0. The van der Waals surface area contributed by atoms with Crippen LogP contribution in [0.2, 0.25) is 0 Å². The van der Waals surface area contributed by atoms with E-state index in [9.17, 15) is 8.42 Å². The number of sulfone groups is 1. The predicted octanol–water partition coefficient (Wildman–Crippen LogP) is 3.00. The van der Waals surface area contributed by atoms with Crippen molar-refractivity contribution in [1.29, 1.82) is 0 Å².